The maximum atomic E-state index is 13.1. The molecule has 2 unspecified atom stereocenters. The molecule has 0 heterocycles. The number of carbonyl (C=O) groups is 4. The van der Waals surface area contributed by atoms with E-state index in [4.69, 9.17) is 37.0 Å². The van der Waals surface area contributed by atoms with E-state index < -0.39 is 97.5 Å². The first kappa shape index (κ1) is 103. The molecule has 19 heteroatoms. The van der Waals surface area contributed by atoms with Crippen molar-refractivity contribution in [3.8, 4) is 0 Å². The predicted molar refractivity (Wildman–Crippen MR) is 432 cm³/mol. The molecule has 624 valence electrons. The van der Waals surface area contributed by atoms with Crippen LogP contribution in [0.1, 0.15) is 459 Å². The SMILES string of the molecule is CCCCCCCCCCCCCCCCCCCCCCCCC(=O)O[C@H](COC(=O)CCCCCCCCCCCCCCCCCC(C)C)COP(=O)(O)OC[C@@H](O)COP(=O)(O)OC[C@@H](COC(=O)CCCCCCCCCCCCCC)OC(=O)CCCCCCCCCCCCC(C)C. The number of aliphatic hydroxyl groups is 1. The minimum Gasteiger partial charge on any atom is -0.462 e. The molecule has 0 aliphatic rings. The predicted octanol–water partition coefficient (Wildman–Crippen LogP) is 26.2. The summed E-state index contributed by atoms with van der Waals surface area (Å²) < 4.78 is 68.9. The highest BCUT2D eigenvalue weighted by Gasteiger charge is 2.30. The normalized spacial score (nSPS) is 13.8. The molecule has 0 aromatic carbocycles. The van der Waals surface area contributed by atoms with Crippen molar-refractivity contribution in [2.45, 2.75) is 477 Å². The van der Waals surface area contributed by atoms with Gasteiger partial charge in [0.15, 0.2) is 12.2 Å². The highest BCUT2D eigenvalue weighted by Crippen LogP contribution is 2.45. The molecule has 0 radical (unpaired) electrons. The van der Waals surface area contributed by atoms with E-state index in [1.807, 2.05) is 0 Å². The zero-order valence-corrected chi connectivity index (χ0v) is 70.8. The molecule has 0 amide bonds. The number of unbranched alkanes of at least 4 members (excludes halogenated alkanes) is 55. The molecule has 0 aromatic heterocycles. The third-order valence-electron chi connectivity index (χ3n) is 20.2. The van der Waals surface area contributed by atoms with E-state index in [1.54, 1.807) is 0 Å². The number of hydrogen-bond donors (Lipinski definition) is 3. The molecule has 0 fully saturated rings. The quantitative estimate of drug-likeness (QED) is 0.0222. The minimum atomic E-state index is -4.97. The van der Waals surface area contributed by atoms with E-state index in [9.17, 15) is 43.2 Å². The van der Waals surface area contributed by atoms with Crippen LogP contribution in [0.15, 0.2) is 0 Å². The first-order chi connectivity index (χ1) is 50.9. The fourth-order valence-corrected chi connectivity index (χ4v) is 15.0. The molecule has 0 aliphatic carbocycles. The molecule has 105 heavy (non-hydrogen) atoms. The number of carbonyl (C=O) groups excluding carboxylic acids is 4. The van der Waals surface area contributed by atoms with E-state index in [0.29, 0.717) is 25.7 Å². The standard InChI is InChI=1S/C86H168O17P2/c1-7-9-11-13-15-17-19-21-22-23-24-25-26-27-28-31-35-39-46-52-58-64-70-85(90)102-81(74-97-84(89)69-63-57-51-45-38-34-32-29-30-33-36-42-48-54-60-66-78(3)4)76-100-104(92,93)98-72-80(87)73-99-105(94,95)101-77-82(75-96-83(88)68-62-56-50-44-37-20-18-16-14-12-10-8-2)103-86(91)71-65-59-53-47-41-40-43-49-55-61-67-79(5)6/h78-82,87H,7-77H2,1-6H3,(H,92,93)(H,94,95)/t80-,81-,82-/m1/s1. The Kier molecular flexibility index (Phi) is 76.0. The molecule has 0 rings (SSSR count). The van der Waals surface area contributed by atoms with Crippen molar-refractivity contribution in [3.05, 3.63) is 0 Å². The molecule has 3 N–H and O–H groups in total. The van der Waals surface area contributed by atoms with Gasteiger partial charge >= 0.3 is 39.5 Å². The highest BCUT2D eigenvalue weighted by molar-refractivity contribution is 7.47. The summed E-state index contributed by atoms with van der Waals surface area (Å²) in [7, 11) is -9.93. The van der Waals surface area contributed by atoms with Gasteiger partial charge in [-0.05, 0) is 37.5 Å². The van der Waals surface area contributed by atoms with Crippen molar-refractivity contribution in [3.63, 3.8) is 0 Å². The second kappa shape index (κ2) is 77.4. The van der Waals surface area contributed by atoms with Gasteiger partial charge in [-0.1, -0.05) is 408 Å². The molecule has 0 aromatic rings. The number of hydrogen-bond acceptors (Lipinski definition) is 15. The Labute approximate surface area is 645 Å². The van der Waals surface area contributed by atoms with Crippen LogP contribution < -0.4 is 0 Å². The van der Waals surface area contributed by atoms with Gasteiger partial charge < -0.3 is 33.8 Å². The number of esters is 4. The Hall–Kier alpha value is -1.94. The minimum absolute atomic E-state index is 0.107. The van der Waals surface area contributed by atoms with Gasteiger partial charge in [0.25, 0.3) is 0 Å². The summed E-state index contributed by atoms with van der Waals surface area (Å²) in [6, 6.07) is 0. The van der Waals surface area contributed by atoms with E-state index >= 15 is 0 Å². The van der Waals surface area contributed by atoms with Crippen LogP contribution in [0.2, 0.25) is 0 Å². The lowest BCUT2D eigenvalue weighted by Crippen LogP contribution is -2.30. The van der Waals surface area contributed by atoms with Crippen LogP contribution in [0.3, 0.4) is 0 Å². The summed E-state index contributed by atoms with van der Waals surface area (Å²) in [5.74, 6) is -0.544. The van der Waals surface area contributed by atoms with Crippen molar-refractivity contribution >= 4 is 39.5 Å². The lowest BCUT2D eigenvalue weighted by molar-refractivity contribution is -0.161. The molecule has 0 saturated carbocycles. The van der Waals surface area contributed by atoms with Crippen molar-refractivity contribution in [1.29, 1.82) is 0 Å². The second-order valence-corrected chi connectivity index (χ2v) is 34.8. The maximum absolute atomic E-state index is 13.1. The summed E-state index contributed by atoms with van der Waals surface area (Å²) in [5, 5.41) is 10.7. The van der Waals surface area contributed by atoms with Crippen LogP contribution in [-0.2, 0) is 65.4 Å². The number of phosphoric acid groups is 2. The van der Waals surface area contributed by atoms with Crippen LogP contribution in [0, 0.1) is 11.8 Å². The summed E-state index contributed by atoms with van der Waals surface area (Å²) in [5.41, 5.74) is 0. The smallest absolute Gasteiger partial charge is 0.462 e. The fourth-order valence-electron chi connectivity index (χ4n) is 13.4. The van der Waals surface area contributed by atoms with Gasteiger partial charge in [-0.15, -0.1) is 0 Å². The van der Waals surface area contributed by atoms with Crippen molar-refractivity contribution < 1.29 is 80.2 Å². The fraction of sp³-hybridized carbons (Fsp3) is 0.953. The number of rotatable bonds is 85. The summed E-state index contributed by atoms with van der Waals surface area (Å²) in [6.45, 7) is 9.68. The van der Waals surface area contributed by atoms with Crippen LogP contribution >= 0.6 is 15.6 Å². The van der Waals surface area contributed by atoms with E-state index in [0.717, 1.165) is 102 Å². The largest absolute Gasteiger partial charge is 0.472 e. The lowest BCUT2D eigenvalue weighted by Gasteiger charge is -2.21. The summed E-state index contributed by atoms with van der Waals surface area (Å²) >= 11 is 0. The second-order valence-electron chi connectivity index (χ2n) is 31.9. The van der Waals surface area contributed by atoms with Crippen LogP contribution in [0.4, 0.5) is 0 Å². The Bertz CT molecular complexity index is 2010. The van der Waals surface area contributed by atoms with Gasteiger partial charge in [0, 0.05) is 25.7 Å². The molecule has 0 bridgehead atoms. The number of phosphoric ester groups is 2. The van der Waals surface area contributed by atoms with Gasteiger partial charge in [-0.25, -0.2) is 9.13 Å². The topological polar surface area (TPSA) is 237 Å². The van der Waals surface area contributed by atoms with Crippen molar-refractivity contribution in [2.24, 2.45) is 11.8 Å². The molecule has 5 atom stereocenters. The Morgan fingerprint density at radius 2 is 0.438 bits per heavy atom. The lowest BCUT2D eigenvalue weighted by atomic mass is 10.0. The first-order valence-corrected chi connectivity index (χ1v) is 47.5. The third-order valence-corrected chi connectivity index (χ3v) is 22.1. The number of aliphatic hydroxyl groups excluding tert-OH is 1. The molecular weight excluding hydrogens is 1370 g/mol. The Morgan fingerprint density at radius 1 is 0.257 bits per heavy atom. The average molecular weight is 1540 g/mol. The molecule has 0 aliphatic heterocycles. The molecule has 0 saturated heterocycles. The molecular formula is C86H168O17P2. The van der Waals surface area contributed by atoms with Crippen molar-refractivity contribution in [1.82, 2.24) is 0 Å². The molecule has 0 spiro atoms. The van der Waals surface area contributed by atoms with Crippen LogP contribution in [0.25, 0.3) is 0 Å². The highest BCUT2D eigenvalue weighted by atomic mass is 31.2. The summed E-state index contributed by atoms with van der Waals surface area (Å²) in [6.07, 6.45) is 69.5. The van der Waals surface area contributed by atoms with Gasteiger partial charge in [0.2, 0.25) is 0 Å². The number of ether oxygens (including phenoxy) is 4. The first-order valence-electron chi connectivity index (χ1n) is 44.5. The molecule has 17 nitrogen and oxygen atoms in total. The van der Waals surface area contributed by atoms with Crippen LogP contribution in [0.5, 0.6) is 0 Å². The van der Waals surface area contributed by atoms with E-state index in [-0.39, 0.29) is 25.7 Å². The zero-order valence-electron chi connectivity index (χ0n) is 69.0. The van der Waals surface area contributed by atoms with Gasteiger partial charge in [0.05, 0.1) is 26.4 Å². The van der Waals surface area contributed by atoms with Gasteiger partial charge in [-0.2, -0.15) is 0 Å². The van der Waals surface area contributed by atoms with E-state index in [1.165, 1.54) is 276 Å². The monoisotopic (exact) mass is 1540 g/mol. The van der Waals surface area contributed by atoms with E-state index in [2.05, 4.69) is 41.5 Å². The third kappa shape index (κ3) is 79.9. The summed E-state index contributed by atoms with van der Waals surface area (Å²) in [4.78, 5) is 73.2. The van der Waals surface area contributed by atoms with Gasteiger partial charge in [0.1, 0.15) is 19.3 Å². The maximum Gasteiger partial charge on any atom is 0.472 e. The van der Waals surface area contributed by atoms with Gasteiger partial charge in [-0.3, -0.25) is 37.3 Å². The Balaban J connectivity index is 5.23. The zero-order chi connectivity index (χ0) is 77.1. The van der Waals surface area contributed by atoms with Crippen molar-refractivity contribution in [2.75, 3.05) is 39.6 Å². The van der Waals surface area contributed by atoms with Crippen LogP contribution in [-0.4, -0.2) is 96.7 Å². The average Bonchev–Trinajstić information content (AvgIpc) is 0.914. The Morgan fingerprint density at radius 3 is 0.648 bits per heavy atom.